The lowest BCUT2D eigenvalue weighted by atomic mass is 9.33. The van der Waals surface area contributed by atoms with Crippen molar-refractivity contribution >= 4 is 23.9 Å². The van der Waals surface area contributed by atoms with Gasteiger partial charge in [-0.15, -0.1) is 0 Å². The number of carboxylic acid groups (broad SMARTS) is 1. The van der Waals surface area contributed by atoms with Crippen LogP contribution in [-0.2, 0) is 61.8 Å². The van der Waals surface area contributed by atoms with E-state index in [1.807, 2.05) is 20.8 Å². The number of aliphatic hydroxyl groups excluding tert-OH is 10. The van der Waals surface area contributed by atoms with E-state index >= 15 is 0 Å². The van der Waals surface area contributed by atoms with Gasteiger partial charge in [-0.2, -0.15) is 0 Å². The molecule has 460 valence electrons. The zero-order valence-corrected chi connectivity index (χ0v) is 48.2. The molecule has 8 rings (SSSR count). The Bertz CT molecular complexity index is 2400. The third-order valence-electron chi connectivity index (χ3n) is 21.3. The summed E-state index contributed by atoms with van der Waals surface area (Å²) in [7, 11) is 0. The van der Waals surface area contributed by atoms with Gasteiger partial charge in [0.2, 0.25) is 0 Å². The number of fused-ring (bicyclic) bond motifs is 7. The molecule has 3 heterocycles. The van der Waals surface area contributed by atoms with Gasteiger partial charge < -0.3 is 98.8 Å². The first-order valence-electron chi connectivity index (χ1n) is 28.4. The van der Waals surface area contributed by atoms with Crippen LogP contribution in [0.5, 0.6) is 0 Å². The minimum Gasteiger partial charge on any atom is -0.479 e. The molecule has 0 spiro atoms. The molecule has 7 fully saturated rings. The van der Waals surface area contributed by atoms with Crippen LogP contribution in [-0.4, -0.2) is 216 Å². The Morgan fingerprint density at radius 3 is 1.91 bits per heavy atom. The second kappa shape index (κ2) is 23.2. The van der Waals surface area contributed by atoms with Crippen LogP contribution in [0.3, 0.4) is 0 Å². The standard InChI is InChI=1S/C57H88O24/c1-12-24(2)48(72)78-42-40(69)50(73-25(3)41(42)74-26(4)61)81-45-46(75-27(5)62)57(23-60)29(19-52(45,6)7)28-13-14-32-53(8)17-16-34(54(9,22-59)31(53)15-18-55(32,10)56(28,11)20-33(57)63)77-51-44(38(67)37(66)43(79-51)47(70)71)80-49-39(68)36(65)35(64)30(21-58)76-49/h12-13,25,29-46,49-51,58-60,63-69H,14-23H2,1-11H3,(H,70,71)/t25-,29+,30-,31-,32-,33-,34+,35-,36+,37+,38+,39-,40-,41+,42-,43+,44-,45+,46+,49+,50+,51-,53+,54-,55-,56-,57+/m1/s1. The van der Waals surface area contributed by atoms with Gasteiger partial charge in [0, 0.05) is 24.8 Å². The average Bonchev–Trinajstić information content (AvgIpc) is 0.920. The lowest BCUT2D eigenvalue weighted by Gasteiger charge is -2.73. The van der Waals surface area contributed by atoms with Crippen molar-refractivity contribution < 1.29 is 118 Å². The van der Waals surface area contributed by atoms with Gasteiger partial charge in [0.05, 0.1) is 43.5 Å². The molecule has 3 saturated heterocycles. The zero-order valence-electron chi connectivity index (χ0n) is 48.2. The van der Waals surface area contributed by atoms with Gasteiger partial charge in [0.1, 0.15) is 61.0 Å². The summed E-state index contributed by atoms with van der Waals surface area (Å²) in [5.41, 5.74) is -4.16. The molecule has 0 aromatic heterocycles. The SMILES string of the molecule is CC=C(C)C(=O)O[C@@H]1[C@@H](O)[C@H](O[C@H]2[C@H](OC(C)=O)[C@]3(CO)[C@H](O)C[C@]4(C)C(=CC[C@@H]5[C@@]6(C)CC[C@H](O[C@@H]7O[C@H](C(=O)O)[C@@H](O)[C@H](O)[C@H]7O[C@@H]7O[C@H](CO)[C@@H](O)[C@H](O)[C@H]7O)[C@](C)(CO)[C@@H]6CC[C@]54C)[C@@H]3CC2(C)C)O[C@H](C)[C@@H]1OC(C)=O. The van der Waals surface area contributed by atoms with E-state index in [1.54, 1.807) is 13.8 Å². The molecule has 5 aliphatic carbocycles. The molecule has 27 atom stereocenters. The molecule has 0 bridgehead atoms. The number of aliphatic hydroxyl groups is 10. The van der Waals surface area contributed by atoms with Crippen molar-refractivity contribution in [1.29, 1.82) is 0 Å². The Morgan fingerprint density at radius 2 is 1.32 bits per heavy atom. The first-order chi connectivity index (χ1) is 37.8. The highest BCUT2D eigenvalue weighted by molar-refractivity contribution is 5.87. The number of carboxylic acids is 1. The van der Waals surface area contributed by atoms with Gasteiger partial charge >= 0.3 is 23.9 Å². The summed E-state index contributed by atoms with van der Waals surface area (Å²) < 4.78 is 54.5. The van der Waals surface area contributed by atoms with Crippen molar-refractivity contribution in [2.45, 2.75) is 238 Å². The van der Waals surface area contributed by atoms with Crippen molar-refractivity contribution in [3.8, 4) is 0 Å². The molecule has 0 unspecified atom stereocenters. The highest BCUT2D eigenvalue weighted by Gasteiger charge is 2.74. The number of carbonyl (C=O) groups is 4. The maximum Gasteiger partial charge on any atom is 0.335 e. The molecule has 0 amide bonds. The maximum absolute atomic E-state index is 13.3. The van der Waals surface area contributed by atoms with Crippen LogP contribution in [0.25, 0.3) is 0 Å². The van der Waals surface area contributed by atoms with Gasteiger partial charge in [-0.1, -0.05) is 59.3 Å². The number of ether oxygens (including phenoxy) is 9. The molecule has 0 radical (unpaired) electrons. The summed E-state index contributed by atoms with van der Waals surface area (Å²) in [5, 5.41) is 123. The number of aliphatic carboxylic acids is 1. The van der Waals surface area contributed by atoms with E-state index < -0.39 is 199 Å². The van der Waals surface area contributed by atoms with Crippen LogP contribution in [0, 0.1) is 50.2 Å². The predicted molar refractivity (Wildman–Crippen MR) is 277 cm³/mol. The fraction of sp³-hybridized carbons (Fsp3) is 0.860. The predicted octanol–water partition coefficient (Wildman–Crippen LogP) is 0.277. The Labute approximate surface area is 471 Å². The highest BCUT2D eigenvalue weighted by atomic mass is 16.8. The monoisotopic (exact) mass is 1160 g/mol. The van der Waals surface area contributed by atoms with Crippen molar-refractivity contribution in [3.63, 3.8) is 0 Å². The lowest BCUT2D eigenvalue weighted by molar-refractivity contribution is -0.375. The number of rotatable bonds is 14. The second-order valence-electron chi connectivity index (χ2n) is 26.1. The topological polar surface area (TPSA) is 374 Å². The average molecular weight is 1160 g/mol. The van der Waals surface area contributed by atoms with Crippen LogP contribution >= 0.6 is 0 Å². The summed E-state index contributed by atoms with van der Waals surface area (Å²) in [5.74, 6) is -4.77. The number of carbonyl (C=O) groups excluding carboxylic acids is 3. The Balaban J connectivity index is 1.09. The quantitative estimate of drug-likeness (QED) is 0.0366. The molecule has 4 saturated carbocycles. The molecular weight excluding hydrogens is 1070 g/mol. The smallest absolute Gasteiger partial charge is 0.335 e. The van der Waals surface area contributed by atoms with Gasteiger partial charge in [-0.3, -0.25) is 9.59 Å². The minimum atomic E-state index is -2.07. The fourth-order valence-electron chi connectivity index (χ4n) is 16.5. The molecule has 0 aromatic rings. The second-order valence-corrected chi connectivity index (χ2v) is 26.1. The van der Waals surface area contributed by atoms with E-state index in [2.05, 4.69) is 26.8 Å². The third-order valence-corrected chi connectivity index (χ3v) is 21.3. The van der Waals surface area contributed by atoms with Gasteiger partial charge in [-0.05, 0) is 105 Å². The molecule has 0 aromatic carbocycles. The first kappa shape index (κ1) is 63.7. The van der Waals surface area contributed by atoms with E-state index in [1.165, 1.54) is 26.8 Å². The Hall–Kier alpha value is -3.28. The van der Waals surface area contributed by atoms with Gasteiger partial charge in [0.25, 0.3) is 0 Å². The molecular formula is C57H88O24. The summed E-state index contributed by atoms with van der Waals surface area (Å²) in [6, 6.07) is 0. The summed E-state index contributed by atoms with van der Waals surface area (Å²) in [6.07, 6.45) is -23.5. The lowest BCUT2D eigenvalue weighted by Crippen LogP contribution is -2.73. The van der Waals surface area contributed by atoms with Crippen molar-refractivity contribution in [1.82, 2.24) is 0 Å². The maximum atomic E-state index is 13.3. The molecule has 3 aliphatic heterocycles. The van der Waals surface area contributed by atoms with Crippen molar-refractivity contribution in [2.75, 3.05) is 19.8 Å². The highest BCUT2D eigenvalue weighted by Crippen LogP contribution is 2.76. The van der Waals surface area contributed by atoms with Crippen molar-refractivity contribution in [2.24, 2.45) is 50.2 Å². The molecule has 81 heavy (non-hydrogen) atoms. The van der Waals surface area contributed by atoms with Crippen LogP contribution in [0.15, 0.2) is 23.3 Å². The molecule has 24 nitrogen and oxygen atoms in total. The normalized spacial score (nSPS) is 49.6. The molecule has 11 N–H and O–H groups in total. The Morgan fingerprint density at radius 1 is 0.667 bits per heavy atom. The molecule has 24 heteroatoms. The third kappa shape index (κ3) is 10.4. The van der Waals surface area contributed by atoms with Crippen LogP contribution in [0.1, 0.15) is 121 Å². The van der Waals surface area contributed by atoms with E-state index in [4.69, 9.17) is 42.6 Å². The van der Waals surface area contributed by atoms with Crippen LogP contribution < -0.4 is 0 Å². The number of esters is 3. The van der Waals surface area contributed by atoms with Crippen molar-refractivity contribution in [3.05, 3.63) is 23.3 Å². The first-order valence-corrected chi connectivity index (χ1v) is 28.4. The van der Waals surface area contributed by atoms with Crippen LogP contribution in [0.2, 0.25) is 0 Å². The zero-order chi connectivity index (χ0) is 60.0. The largest absolute Gasteiger partial charge is 0.479 e. The van der Waals surface area contributed by atoms with Gasteiger partial charge in [0.15, 0.2) is 37.2 Å². The number of hydrogen-bond donors (Lipinski definition) is 11. The summed E-state index contributed by atoms with van der Waals surface area (Å²) in [6.45, 7) is 17.5. The Kier molecular flexibility index (Phi) is 18.2. The van der Waals surface area contributed by atoms with Gasteiger partial charge in [-0.25, -0.2) is 9.59 Å². The van der Waals surface area contributed by atoms with E-state index in [9.17, 15) is 75.3 Å². The number of hydrogen-bond acceptors (Lipinski definition) is 23. The minimum absolute atomic E-state index is 0.0851. The number of allylic oxidation sites excluding steroid dienone is 3. The summed E-state index contributed by atoms with van der Waals surface area (Å²) >= 11 is 0. The van der Waals surface area contributed by atoms with E-state index in [0.717, 1.165) is 5.57 Å². The van der Waals surface area contributed by atoms with E-state index in [-0.39, 0.29) is 30.3 Å². The fourth-order valence-corrected chi connectivity index (χ4v) is 16.5. The summed E-state index contributed by atoms with van der Waals surface area (Å²) in [4.78, 5) is 51.2. The van der Waals surface area contributed by atoms with Crippen LogP contribution in [0.4, 0.5) is 0 Å². The molecule has 8 aliphatic rings. The van der Waals surface area contributed by atoms with E-state index in [0.29, 0.717) is 32.1 Å².